The van der Waals surface area contributed by atoms with Crippen molar-refractivity contribution >= 4 is 5.91 Å². The second-order valence-electron chi connectivity index (χ2n) is 6.23. The van der Waals surface area contributed by atoms with E-state index in [4.69, 9.17) is 4.98 Å². The van der Waals surface area contributed by atoms with Crippen LogP contribution in [0.15, 0.2) is 36.5 Å². The second kappa shape index (κ2) is 6.08. The van der Waals surface area contributed by atoms with Crippen LogP contribution >= 0.6 is 0 Å². The molecule has 1 saturated heterocycles. The fraction of sp³-hybridized carbons (Fsp3) is 0.389. The summed E-state index contributed by atoms with van der Waals surface area (Å²) in [5, 5.41) is 3.36. The third-order valence-corrected chi connectivity index (χ3v) is 4.69. The van der Waals surface area contributed by atoms with Gasteiger partial charge in [-0.2, -0.15) is 0 Å². The van der Waals surface area contributed by atoms with E-state index in [1.54, 1.807) is 0 Å². The standard InChI is InChI=1S/C18H20N4O/c23-18(13-4-2-1-3-5-13)22-9-7-16-15(12-22)11-20-17(21-16)14-6-8-19-10-14/h1-5,11,14,19H,6-10,12H2/t14-/m0/s1. The van der Waals surface area contributed by atoms with Gasteiger partial charge in [0, 0.05) is 49.3 Å². The van der Waals surface area contributed by atoms with E-state index in [9.17, 15) is 4.79 Å². The van der Waals surface area contributed by atoms with Gasteiger partial charge in [-0.3, -0.25) is 4.79 Å². The average Bonchev–Trinajstić information content (AvgIpc) is 3.15. The SMILES string of the molecule is O=C(c1ccccc1)N1CCc2nc([C@H]3CCNC3)ncc2C1. The Morgan fingerprint density at radius 1 is 1.26 bits per heavy atom. The Bertz CT molecular complexity index is 710. The van der Waals surface area contributed by atoms with Crippen molar-refractivity contribution in [2.45, 2.75) is 25.3 Å². The van der Waals surface area contributed by atoms with E-state index in [2.05, 4.69) is 10.3 Å². The summed E-state index contributed by atoms with van der Waals surface area (Å²) in [5.41, 5.74) is 2.93. The van der Waals surface area contributed by atoms with Crippen molar-refractivity contribution in [3.05, 3.63) is 59.2 Å². The van der Waals surface area contributed by atoms with E-state index in [1.165, 1.54) is 0 Å². The molecule has 5 heteroatoms. The van der Waals surface area contributed by atoms with E-state index in [0.29, 0.717) is 12.5 Å². The molecule has 2 aliphatic heterocycles. The number of carbonyl (C=O) groups excluding carboxylic acids is 1. The monoisotopic (exact) mass is 308 g/mol. The molecular formula is C18H20N4O. The summed E-state index contributed by atoms with van der Waals surface area (Å²) in [6.45, 7) is 3.34. The Hall–Kier alpha value is -2.27. The summed E-state index contributed by atoms with van der Waals surface area (Å²) in [6.07, 6.45) is 3.83. The summed E-state index contributed by atoms with van der Waals surface area (Å²) in [5.74, 6) is 1.47. The minimum absolute atomic E-state index is 0.0836. The van der Waals surface area contributed by atoms with Gasteiger partial charge < -0.3 is 10.2 Å². The molecule has 3 heterocycles. The van der Waals surface area contributed by atoms with Crippen molar-refractivity contribution in [1.29, 1.82) is 0 Å². The smallest absolute Gasteiger partial charge is 0.254 e. The number of fused-ring (bicyclic) bond motifs is 1. The molecule has 1 N–H and O–H groups in total. The van der Waals surface area contributed by atoms with Crippen molar-refractivity contribution in [1.82, 2.24) is 20.2 Å². The molecule has 1 amide bonds. The number of carbonyl (C=O) groups is 1. The molecule has 23 heavy (non-hydrogen) atoms. The molecule has 0 bridgehead atoms. The predicted octanol–water partition coefficient (Wildman–Crippen LogP) is 1.75. The molecule has 4 rings (SSSR count). The lowest BCUT2D eigenvalue weighted by Crippen LogP contribution is -2.36. The minimum Gasteiger partial charge on any atom is -0.334 e. The molecule has 118 valence electrons. The van der Waals surface area contributed by atoms with Crippen LogP contribution in [0.5, 0.6) is 0 Å². The van der Waals surface area contributed by atoms with Crippen LogP contribution in [0.2, 0.25) is 0 Å². The van der Waals surface area contributed by atoms with E-state index in [0.717, 1.165) is 55.1 Å². The van der Waals surface area contributed by atoms with Crippen molar-refractivity contribution in [3.8, 4) is 0 Å². The zero-order chi connectivity index (χ0) is 15.6. The summed E-state index contributed by atoms with van der Waals surface area (Å²) in [4.78, 5) is 23.8. The minimum atomic E-state index is 0.0836. The molecule has 5 nitrogen and oxygen atoms in total. The first-order valence-electron chi connectivity index (χ1n) is 8.21. The molecule has 1 fully saturated rings. The summed E-state index contributed by atoms with van der Waals surface area (Å²) in [6, 6.07) is 9.46. The largest absolute Gasteiger partial charge is 0.334 e. The molecule has 2 aromatic rings. The third kappa shape index (κ3) is 2.84. The van der Waals surface area contributed by atoms with Crippen LogP contribution in [0.4, 0.5) is 0 Å². The van der Waals surface area contributed by atoms with Gasteiger partial charge in [-0.25, -0.2) is 9.97 Å². The molecule has 0 radical (unpaired) electrons. The van der Waals surface area contributed by atoms with Gasteiger partial charge >= 0.3 is 0 Å². The number of amides is 1. The van der Waals surface area contributed by atoms with Gasteiger partial charge in [0.15, 0.2) is 0 Å². The van der Waals surface area contributed by atoms with Gasteiger partial charge in [-0.15, -0.1) is 0 Å². The lowest BCUT2D eigenvalue weighted by Gasteiger charge is -2.28. The highest BCUT2D eigenvalue weighted by atomic mass is 16.2. The maximum atomic E-state index is 12.6. The first-order chi connectivity index (χ1) is 11.3. The maximum absolute atomic E-state index is 12.6. The predicted molar refractivity (Wildman–Crippen MR) is 87.1 cm³/mol. The van der Waals surface area contributed by atoms with Crippen LogP contribution in [-0.2, 0) is 13.0 Å². The number of nitrogens with one attached hydrogen (secondary N) is 1. The van der Waals surface area contributed by atoms with Gasteiger partial charge in [0.05, 0.1) is 5.69 Å². The zero-order valence-electron chi connectivity index (χ0n) is 13.0. The number of aromatic nitrogens is 2. The normalized spacial score (nSPS) is 20.3. The fourth-order valence-corrected chi connectivity index (χ4v) is 3.34. The van der Waals surface area contributed by atoms with E-state index < -0.39 is 0 Å². The van der Waals surface area contributed by atoms with Gasteiger partial charge in [0.25, 0.3) is 5.91 Å². The summed E-state index contributed by atoms with van der Waals surface area (Å²) in [7, 11) is 0. The fourth-order valence-electron chi connectivity index (χ4n) is 3.34. The average molecular weight is 308 g/mol. The highest BCUT2D eigenvalue weighted by Crippen LogP contribution is 2.23. The van der Waals surface area contributed by atoms with Gasteiger partial charge in [-0.1, -0.05) is 18.2 Å². The molecule has 0 aliphatic carbocycles. The third-order valence-electron chi connectivity index (χ3n) is 4.69. The molecule has 0 unspecified atom stereocenters. The van der Waals surface area contributed by atoms with Crippen LogP contribution in [-0.4, -0.2) is 40.4 Å². The summed E-state index contributed by atoms with van der Waals surface area (Å²) < 4.78 is 0. The molecule has 1 aromatic heterocycles. The highest BCUT2D eigenvalue weighted by molar-refractivity contribution is 5.94. The van der Waals surface area contributed by atoms with Crippen LogP contribution in [0.25, 0.3) is 0 Å². The van der Waals surface area contributed by atoms with Crippen molar-refractivity contribution < 1.29 is 4.79 Å². The molecule has 2 aliphatic rings. The lowest BCUT2D eigenvalue weighted by atomic mass is 10.0. The first kappa shape index (κ1) is 14.3. The summed E-state index contributed by atoms with van der Waals surface area (Å²) >= 11 is 0. The van der Waals surface area contributed by atoms with Crippen LogP contribution in [0.1, 0.15) is 39.8 Å². The lowest BCUT2D eigenvalue weighted by molar-refractivity contribution is 0.0733. The van der Waals surface area contributed by atoms with Gasteiger partial charge in [0.2, 0.25) is 0 Å². The molecule has 1 aromatic carbocycles. The van der Waals surface area contributed by atoms with Crippen molar-refractivity contribution in [2.24, 2.45) is 0 Å². The second-order valence-corrected chi connectivity index (χ2v) is 6.23. The Labute approximate surface area is 135 Å². The topological polar surface area (TPSA) is 58.1 Å². The quantitative estimate of drug-likeness (QED) is 0.918. The molecule has 1 atom stereocenters. The van der Waals surface area contributed by atoms with E-state index in [1.807, 2.05) is 41.4 Å². The van der Waals surface area contributed by atoms with Gasteiger partial charge in [0.1, 0.15) is 5.82 Å². The number of benzene rings is 1. The zero-order valence-corrected chi connectivity index (χ0v) is 13.0. The van der Waals surface area contributed by atoms with Crippen molar-refractivity contribution in [3.63, 3.8) is 0 Å². The Balaban J connectivity index is 1.52. The maximum Gasteiger partial charge on any atom is 0.254 e. The Kier molecular flexibility index (Phi) is 3.79. The Morgan fingerprint density at radius 2 is 2.13 bits per heavy atom. The molecule has 0 spiro atoms. The number of nitrogens with zero attached hydrogens (tertiary/aromatic N) is 3. The van der Waals surface area contributed by atoms with Gasteiger partial charge in [-0.05, 0) is 25.1 Å². The molecule has 0 saturated carbocycles. The van der Waals surface area contributed by atoms with Crippen LogP contribution in [0.3, 0.4) is 0 Å². The number of hydrogen-bond donors (Lipinski definition) is 1. The van der Waals surface area contributed by atoms with E-state index in [-0.39, 0.29) is 5.91 Å². The Morgan fingerprint density at radius 3 is 2.91 bits per heavy atom. The van der Waals surface area contributed by atoms with Crippen LogP contribution in [0, 0.1) is 0 Å². The van der Waals surface area contributed by atoms with E-state index >= 15 is 0 Å². The van der Waals surface area contributed by atoms with Crippen molar-refractivity contribution in [2.75, 3.05) is 19.6 Å². The first-order valence-corrected chi connectivity index (χ1v) is 8.21. The molecular weight excluding hydrogens is 288 g/mol. The number of hydrogen-bond acceptors (Lipinski definition) is 4. The highest BCUT2D eigenvalue weighted by Gasteiger charge is 2.25. The number of rotatable bonds is 2. The van der Waals surface area contributed by atoms with Crippen LogP contribution < -0.4 is 5.32 Å².